The summed E-state index contributed by atoms with van der Waals surface area (Å²) in [5.74, 6) is 0.829. The van der Waals surface area contributed by atoms with E-state index < -0.39 is 0 Å². The molecule has 0 aliphatic carbocycles. The molecule has 1 aromatic heterocycles. The fraction of sp³-hybridized carbons (Fsp3) is 0.714. The zero-order chi connectivity index (χ0) is 15.9. The van der Waals surface area contributed by atoms with E-state index in [9.17, 15) is 9.59 Å². The number of methoxy groups -OCH3 is 1. The van der Waals surface area contributed by atoms with Gasteiger partial charge in [-0.3, -0.25) is 9.59 Å². The molecule has 0 radical (unpaired) electrons. The van der Waals surface area contributed by atoms with E-state index in [4.69, 9.17) is 9.26 Å². The summed E-state index contributed by atoms with van der Waals surface area (Å²) < 4.78 is 9.95. The number of likely N-dealkylation sites (tertiary alicyclic amines) is 1. The molecule has 0 aromatic carbocycles. The van der Waals surface area contributed by atoms with Crippen LogP contribution >= 0.6 is 0 Å². The Morgan fingerprint density at radius 3 is 3.05 bits per heavy atom. The van der Waals surface area contributed by atoms with Gasteiger partial charge in [-0.15, -0.1) is 0 Å². The predicted molar refractivity (Wildman–Crippen MR) is 76.7 cm³/mol. The molecule has 0 bridgehead atoms. The molecule has 1 N–H and O–H groups in total. The Bertz CT molecular complexity index is 517. The van der Waals surface area contributed by atoms with Crippen molar-refractivity contribution in [3.63, 3.8) is 0 Å². The number of aromatic nitrogens is 2. The Labute approximate surface area is 129 Å². The smallest absolute Gasteiger partial charge is 0.228 e. The van der Waals surface area contributed by atoms with Crippen molar-refractivity contribution in [1.29, 1.82) is 0 Å². The van der Waals surface area contributed by atoms with Crippen LogP contribution in [0.3, 0.4) is 0 Å². The van der Waals surface area contributed by atoms with Crippen LogP contribution in [0.25, 0.3) is 0 Å². The standard InChI is InChI=1S/C14H22N4O4/c1-10(19)18-7-3-4-11(8-18)14(20)15-6-5-13-16-12(9-21-2)17-22-13/h11H,3-9H2,1-2H3,(H,15,20)/t11-/m0/s1. The number of piperidine rings is 1. The highest BCUT2D eigenvalue weighted by molar-refractivity contribution is 5.80. The average Bonchev–Trinajstić information content (AvgIpc) is 2.95. The van der Waals surface area contributed by atoms with E-state index in [1.165, 1.54) is 6.92 Å². The maximum absolute atomic E-state index is 12.1. The molecule has 2 amide bonds. The van der Waals surface area contributed by atoms with Gasteiger partial charge in [-0.05, 0) is 12.8 Å². The van der Waals surface area contributed by atoms with Crippen molar-refractivity contribution in [1.82, 2.24) is 20.4 Å². The fourth-order valence-corrected chi connectivity index (χ4v) is 2.49. The first kappa shape index (κ1) is 16.4. The highest BCUT2D eigenvalue weighted by Crippen LogP contribution is 2.16. The first-order valence-electron chi connectivity index (χ1n) is 7.43. The molecule has 1 aliphatic heterocycles. The summed E-state index contributed by atoms with van der Waals surface area (Å²) in [6.45, 7) is 3.51. The third-order valence-corrected chi connectivity index (χ3v) is 3.66. The number of hydrogen-bond acceptors (Lipinski definition) is 6. The third kappa shape index (κ3) is 4.52. The van der Waals surface area contributed by atoms with Crippen molar-refractivity contribution < 1.29 is 18.8 Å². The molecular weight excluding hydrogens is 288 g/mol. The van der Waals surface area contributed by atoms with Crippen molar-refractivity contribution in [2.45, 2.75) is 32.8 Å². The summed E-state index contributed by atoms with van der Waals surface area (Å²) in [7, 11) is 1.56. The van der Waals surface area contributed by atoms with Crippen LogP contribution in [0.1, 0.15) is 31.5 Å². The first-order chi connectivity index (χ1) is 10.6. The Hall–Kier alpha value is -1.96. The minimum atomic E-state index is -0.135. The van der Waals surface area contributed by atoms with Gasteiger partial charge in [0.2, 0.25) is 17.7 Å². The van der Waals surface area contributed by atoms with Crippen molar-refractivity contribution in [2.75, 3.05) is 26.7 Å². The van der Waals surface area contributed by atoms with Crippen molar-refractivity contribution in [2.24, 2.45) is 5.92 Å². The molecule has 0 saturated carbocycles. The number of hydrogen-bond donors (Lipinski definition) is 1. The maximum Gasteiger partial charge on any atom is 0.228 e. The summed E-state index contributed by atoms with van der Waals surface area (Å²) in [6.07, 6.45) is 2.15. The van der Waals surface area contributed by atoms with Gasteiger partial charge in [0.1, 0.15) is 6.61 Å². The molecule has 2 heterocycles. The fourth-order valence-electron chi connectivity index (χ4n) is 2.49. The van der Waals surface area contributed by atoms with Crippen LogP contribution in [-0.4, -0.2) is 53.6 Å². The SMILES string of the molecule is COCc1noc(CCNC(=O)[C@H]2CCCN(C(C)=O)C2)n1. The zero-order valence-corrected chi connectivity index (χ0v) is 13.0. The van der Waals surface area contributed by atoms with Gasteiger partial charge in [0.25, 0.3) is 0 Å². The molecule has 1 fully saturated rings. The summed E-state index contributed by atoms with van der Waals surface area (Å²) >= 11 is 0. The lowest BCUT2D eigenvalue weighted by atomic mass is 9.97. The normalized spacial score (nSPS) is 18.3. The minimum Gasteiger partial charge on any atom is -0.377 e. The molecule has 122 valence electrons. The lowest BCUT2D eigenvalue weighted by Gasteiger charge is -2.31. The van der Waals surface area contributed by atoms with E-state index in [-0.39, 0.29) is 17.7 Å². The van der Waals surface area contributed by atoms with E-state index in [0.717, 1.165) is 19.4 Å². The number of carbonyl (C=O) groups excluding carboxylic acids is 2. The maximum atomic E-state index is 12.1. The minimum absolute atomic E-state index is 0.0223. The molecule has 0 unspecified atom stereocenters. The molecule has 1 aromatic rings. The average molecular weight is 310 g/mol. The number of carbonyl (C=O) groups is 2. The highest BCUT2D eigenvalue weighted by atomic mass is 16.5. The van der Waals surface area contributed by atoms with Crippen LogP contribution in [0.5, 0.6) is 0 Å². The number of nitrogens with one attached hydrogen (secondary N) is 1. The van der Waals surface area contributed by atoms with Crippen LogP contribution in [0, 0.1) is 5.92 Å². The molecular formula is C14H22N4O4. The molecule has 1 atom stereocenters. The van der Waals surface area contributed by atoms with E-state index in [1.54, 1.807) is 12.0 Å². The quantitative estimate of drug-likeness (QED) is 0.802. The second-order valence-electron chi connectivity index (χ2n) is 5.38. The van der Waals surface area contributed by atoms with Gasteiger partial charge < -0.3 is 19.5 Å². The topological polar surface area (TPSA) is 97.6 Å². The van der Waals surface area contributed by atoms with Crippen LogP contribution in [-0.2, 0) is 27.4 Å². The van der Waals surface area contributed by atoms with Crippen LogP contribution in [0.15, 0.2) is 4.52 Å². The molecule has 8 nitrogen and oxygen atoms in total. The van der Waals surface area contributed by atoms with Gasteiger partial charge in [0.15, 0.2) is 5.82 Å². The monoisotopic (exact) mass is 310 g/mol. The largest absolute Gasteiger partial charge is 0.377 e. The Balaban J connectivity index is 1.73. The predicted octanol–water partition coefficient (Wildman–Crippen LogP) is 0.133. The summed E-state index contributed by atoms with van der Waals surface area (Å²) in [5, 5.41) is 6.62. The molecule has 1 saturated heterocycles. The van der Waals surface area contributed by atoms with Gasteiger partial charge in [-0.2, -0.15) is 4.98 Å². The van der Waals surface area contributed by atoms with Crippen molar-refractivity contribution in [3.8, 4) is 0 Å². The van der Waals surface area contributed by atoms with Gasteiger partial charge in [0.05, 0.1) is 5.92 Å². The number of amides is 2. The van der Waals surface area contributed by atoms with Gasteiger partial charge in [-0.1, -0.05) is 5.16 Å². The lowest BCUT2D eigenvalue weighted by molar-refractivity contribution is -0.133. The summed E-state index contributed by atoms with van der Waals surface area (Å²) in [5.41, 5.74) is 0. The number of ether oxygens (including phenoxy) is 1. The lowest BCUT2D eigenvalue weighted by Crippen LogP contribution is -2.45. The molecule has 22 heavy (non-hydrogen) atoms. The first-order valence-corrected chi connectivity index (χ1v) is 7.43. The van der Waals surface area contributed by atoms with E-state index in [1.807, 2.05) is 0 Å². The molecule has 1 aliphatic rings. The van der Waals surface area contributed by atoms with E-state index in [0.29, 0.717) is 37.8 Å². The van der Waals surface area contributed by atoms with Crippen LogP contribution < -0.4 is 5.32 Å². The second-order valence-corrected chi connectivity index (χ2v) is 5.38. The number of nitrogens with zero attached hydrogens (tertiary/aromatic N) is 3. The van der Waals surface area contributed by atoms with Crippen molar-refractivity contribution in [3.05, 3.63) is 11.7 Å². The summed E-state index contributed by atoms with van der Waals surface area (Å²) in [6, 6.07) is 0. The zero-order valence-electron chi connectivity index (χ0n) is 13.0. The van der Waals surface area contributed by atoms with Crippen LogP contribution in [0.4, 0.5) is 0 Å². The number of rotatable bonds is 6. The molecule has 8 heteroatoms. The third-order valence-electron chi connectivity index (χ3n) is 3.66. The highest BCUT2D eigenvalue weighted by Gasteiger charge is 2.26. The Kier molecular flexibility index (Phi) is 5.88. The van der Waals surface area contributed by atoms with Gasteiger partial charge in [-0.25, -0.2) is 0 Å². The van der Waals surface area contributed by atoms with E-state index >= 15 is 0 Å². The van der Waals surface area contributed by atoms with Crippen LogP contribution in [0.2, 0.25) is 0 Å². The summed E-state index contributed by atoms with van der Waals surface area (Å²) in [4.78, 5) is 29.4. The van der Waals surface area contributed by atoms with Crippen molar-refractivity contribution >= 4 is 11.8 Å². The Morgan fingerprint density at radius 2 is 2.32 bits per heavy atom. The van der Waals surface area contributed by atoms with Gasteiger partial charge in [0, 0.05) is 40.1 Å². The molecule has 0 spiro atoms. The second kappa shape index (κ2) is 7.88. The van der Waals surface area contributed by atoms with Gasteiger partial charge >= 0.3 is 0 Å². The Morgan fingerprint density at radius 1 is 1.50 bits per heavy atom. The molecule has 2 rings (SSSR count). The van der Waals surface area contributed by atoms with E-state index in [2.05, 4.69) is 15.5 Å².